The van der Waals surface area contributed by atoms with Gasteiger partial charge < -0.3 is 36.6 Å². The molecule has 0 saturated carbocycles. The van der Waals surface area contributed by atoms with Crippen molar-refractivity contribution in [2.75, 3.05) is 70.1 Å². The summed E-state index contributed by atoms with van der Waals surface area (Å²) in [4.78, 5) is 36.5. The van der Waals surface area contributed by atoms with Crippen LogP contribution >= 0.6 is 0 Å². The van der Waals surface area contributed by atoms with Crippen molar-refractivity contribution in [3.63, 3.8) is 0 Å². The molecular weight excluding hydrogens is 691 g/mol. The quantitative estimate of drug-likeness (QED) is 0.0948. The smallest absolute Gasteiger partial charge is 0.870 e. The number of carbonyl (C=O) groups excluding carboxylic acids is 1. The maximum Gasteiger partial charge on any atom is 1.00 e. The van der Waals surface area contributed by atoms with E-state index in [4.69, 9.17) is 19.8 Å². The number of ether oxygens (including phenoxy) is 1. The molecule has 0 spiro atoms. The monoisotopic (exact) mass is 759 g/mol. The molecule has 13 nitrogen and oxygen atoms in total. The van der Waals surface area contributed by atoms with Gasteiger partial charge in [0.05, 0.1) is 7.11 Å². The number of esters is 1. The number of rotatable bonds is 16. The van der Waals surface area contributed by atoms with Crippen LogP contribution in [-0.2, 0) is 40.0 Å². The Labute approximate surface area is 341 Å². The summed E-state index contributed by atoms with van der Waals surface area (Å²) in [6.45, 7) is 11.5. The molecule has 0 radical (unpaired) electrons. The molecule has 2 aromatic rings. The predicted molar refractivity (Wildman–Crippen MR) is 214 cm³/mol. The minimum absolute atomic E-state index is 0. The van der Waals surface area contributed by atoms with E-state index in [1.807, 2.05) is 6.92 Å². The molecule has 2 unspecified atom stereocenters. The van der Waals surface area contributed by atoms with Crippen LogP contribution in [0.25, 0.3) is 0 Å². The fourth-order valence-corrected chi connectivity index (χ4v) is 7.95. The molecular formula is C41H67LiN8O5. The second-order valence-electron chi connectivity index (χ2n) is 15.3. The fraction of sp³-hybridized carbons (Fsp3) is 0.707. The van der Waals surface area contributed by atoms with E-state index in [1.165, 1.54) is 48.9 Å². The molecule has 0 bridgehead atoms. The van der Waals surface area contributed by atoms with Crippen molar-refractivity contribution < 1.29 is 43.8 Å². The number of hydrogen-bond donors (Lipinski definition) is 5. The van der Waals surface area contributed by atoms with Gasteiger partial charge in [-0.25, -0.2) is 9.97 Å². The van der Waals surface area contributed by atoms with Crippen LogP contribution in [0.3, 0.4) is 0 Å². The molecule has 2 saturated heterocycles. The Balaban J connectivity index is 0.000000285. The Morgan fingerprint density at radius 1 is 0.764 bits per heavy atom. The third-order valence-corrected chi connectivity index (χ3v) is 11.5. The van der Waals surface area contributed by atoms with E-state index in [2.05, 4.69) is 55.3 Å². The van der Waals surface area contributed by atoms with Crippen molar-refractivity contribution in [3.05, 3.63) is 46.8 Å². The van der Waals surface area contributed by atoms with Crippen molar-refractivity contribution in [1.29, 1.82) is 0 Å². The Morgan fingerprint density at radius 2 is 1.20 bits per heavy atom. The SMILES string of the molecule is CC(C(=O)O)N1CCC(NCCCCc2ccc3c(n2)NCCC3)CC1.COC(=O)C(C)N1CCC(NCCCCc2ccc3c(n2)NCCC3)CC1.[Li+].[OH-]. The number of anilines is 2. The summed E-state index contributed by atoms with van der Waals surface area (Å²) >= 11 is 0. The summed E-state index contributed by atoms with van der Waals surface area (Å²) in [5, 5.41) is 23.2. The number of unbranched alkanes of at least 4 members (excludes halogenated alkanes) is 2. The van der Waals surface area contributed by atoms with Crippen LogP contribution in [0.1, 0.15) is 101 Å². The molecule has 6 heterocycles. The third kappa shape index (κ3) is 14.9. The number of pyridine rings is 2. The first-order valence-electron chi connectivity index (χ1n) is 20.5. The predicted octanol–water partition coefficient (Wildman–Crippen LogP) is 1.49. The van der Waals surface area contributed by atoms with Gasteiger partial charge in [-0.1, -0.05) is 12.1 Å². The molecule has 2 aromatic heterocycles. The number of nitrogens with one attached hydrogen (secondary N) is 4. The molecule has 4 aliphatic heterocycles. The Bertz CT molecular complexity index is 1440. The number of carboxylic acid groups (broad SMARTS) is 1. The number of carboxylic acids is 1. The molecule has 6 N–H and O–H groups in total. The average Bonchev–Trinajstić information content (AvgIpc) is 3.20. The van der Waals surface area contributed by atoms with E-state index in [1.54, 1.807) is 6.92 Å². The Morgan fingerprint density at radius 3 is 1.62 bits per heavy atom. The molecule has 2 atom stereocenters. The summed E-state index contributed by atoms with van der Waals surface area (Å²) < 4.78 is 4.85. The molecule has 0 aliphatic carbocycles. The van der Waals surface area contributed by atoms with Crippen molar-refractivity contribution in [2.24, 2.45) is 0 Å². The standard InChI is InChI=1S/C21H34N4O2.C20H32N4O2.Li.H2O/c1-16(21(26)27-2)25-14-10-18(11-15-25)22-12-4-3-7-19-9-8-17-6-5-13-23-20(17)24-19;1-15(20(25)26)24-13-9-17(10-14-24)21-11-3-2-6-18-8-7-16-5-4-12-22-19(16)23-18;;/h8-9,16,18,22H,3-7,10-15H2,1-2H3,(H,23,24);7-8,15,17,21H,2-6,9-14H2,1H3,(H,22,23)(H,25,26);;1H2/q;;+1;/p-1. The van der Waals surface area contributed by atoms with Gasteiger partial charge in [0, 0.05) is 62.7 Å². The van der Waals surface area contributed by atoms with Gasteiger partial charge in [-0.3, -0.25) is 19.4 Å². The molecule has 14 heteroatoms. The first-order chi connectivity index (χ1) is 25.8. The minimum atomic E-state index is -0.720. The molecule has 0 amide bonds. The van der Waals surface area contributed by atoms with Gasteiger partial charge in [-0.2, -0.15) is 0 Å². The maximum atomic E-state index is 11.6. The largest absolute Gasteiger partial charge is 1.00 e. The van der Waals surface area contributed by atoms with Crippen LogP contribution in [0, 0.1) is 0 Å². The van der Waals surface area contributed by atoms with Crippen LogP contribution in [-0.4, -0.2) is 126 Å². The van der Waals surface area contributed by atoms with E-state index in [0.717, 1.165) is 135 Å². The number of piperidine rings is 2. The normalized spacial score (nSPS) is 18.7. The van der Waals surface area contributed by atoms with Crippen LogP contribution in [0.2, 0.25) is 0 Å². The number of likely N-dealkylation sites (tertiary alicyclic amines) is 2. The average molecular weight is 759 g/mol. The molecule has 0 aromatic carbocycles. The van der Waals surface area contributed by atoms with Gasteiger partial charge in [-0.15, -0.1) is 0 Å². The molecule has 6 rings (SSSR count). The van der Waals surface area contributed by atoms with Gasteiger partial charge in [0.2, 0.25) is 0 Å². The number of nitrogens with zero attached hydrogens (tertiary/aromatic N) is 4. The summed E-state index contributed by atoms with van der Waals surface area (Å²) in [5.74, 6) is 1.34. The van der Waals surface area contributed by atoms with Crippen LogP contribution in [0.15, 0.2) is 24.3 Å². The van der Waals surface area contributed by atoms with Crippen molar-refractivity contribution >= 4 is 23.6 Å². The van der Waals surface area contributed by atoms with E-state index in [9.17, 15) is 9.59 Å². The first-order valence-corrected chi connectivity index (χ1v) is 20.5. The number of aromatic nitrogens is 2. The zero-order chi connectivity index (χ0) is 37.4. The number of aryl methyl sites for hydroxylation is 4. The van der Waals surface area contributed by atoms with E-state index in [0.29, 0.717) is 12.1 Å². The van der Waals surface area contributed by atoms with E-state index >= 15 is 0 Å². The number of aliphatic carboxylic acids is 1. The number of hydrogen-bond acceptors (Lipinski definition) is 12. The van der Waals surface area contributed by atoms with E-state index < -0.39 is 5.97 Å². The van der Waals surface area contributed by atoms with Crippen LogP contribution in [0.5, 0.6) is 0 Å². The van der Waals surface area contributed by atoms with Crippen LogP contribution in [0.4, 0.5) is 11.6 Å². The maximum absolute atomic E-state index is 11.6. The Hall–Kier alpha value is -2.76. The van der Waals surface area contributed by atoms with Crippen molar-refractivity contribution in [1.82, 2.24) is 30.4 Å². The Kier molecular flexibility index (Phi) is 21.0. The summed E-state index contributed by atoms with van der Waals surface area (Å²) in [5.41, 5.74) is 5.10. The topological polar surface area (TPSA) is 174 Å². The zero-order valence-corrected chi connectivity index (χ0v) is 34.1. The number of fused-ring (bicyclic) bond motifs is 2. The van der Waals surface area contributed by atoms with Gasteiger partial charge in [-0.05, 0) is 140 Å². The molecule has 55 heavy (non-hydrogen) atoms. The second-order valence-corrected chi connectivity index (χ2v) is 15.3. The van der Waals surface area contributed by atoms with Gasteiger partial charge in [0.25, 0.3) is 0 Å². The summed E-state index contributed by atoms with van der Waals surface area (Å²) in [6, 6.07) is 9.44. The summed E-state index contributed by atoms with van der Waals surface area (Å²) in [7, 11) is 1.46. The third-order valence-electron chi connectivity index (χ3n) is 11.5. The number of methoxy groups -OCH3 is 1. The fourth-order valence-electron chi connectivity index (χ4n) is 7.95. The van der Waals surface area contributed by atoms with Crippen LogP contribution < -0.4 is 40.1 Å². The molecule has 302 valence electrons. The summed E-state index contributed by atoms with van der Waals surface area (Å²) in [6.07, 6.45) is 15.7. The van der Waals surface area contributed by atoms with Gasteiger partial charge >= 0.3 is 30.8 Å². The minimum Gasteiger partial charge on any atom is -0.870 e. The van der Waals surface area contributed by atoms with E-state index in [-0.39, 0.29) is 42.4 Å². The number of carbonyl (C=O) groups is 2. The van der Waals surface area contributed by atoms with Crippen molar-refractivity contribution in [3.8, 4) is 0 Å². The zero-order valence-electron chi connectivity index (χ0n) is 34.1. The molecule has 2 fully saturated rings. The molecule has 4 aliphatic rings. The van der Waals surface area contributed by atoms with Gasteiger partial charge in [0.1, 0.15) is 23.7 Å². The van der Waals surface area contributed by atoms with Crippen molar-refractivity contribution in [2.45, 2.75) is 128 Å². The van der Waals surface area contributed by atoms with Gasteiger partial charge in [0.15, 0.2) is 0 Å². The first kappa shape index (κ1) is 46.6. The second kappa shape index (κ2) is 24.8.